The first-order valence-electron chi connectivity index (χ1n) is 8.62. The van der Waals surface area contributed by atoms with Gasteiger partial charge in [0, 0.05) is 12.5 Å². The van der Waals surface area contributed by atoms with Crippen LogP contribution in [0.4, 0.5) is 0 Å². The van der Waals surface area contributed by atoms with Gasteiger partial charge in [-0.3, -0.25) is 4.79 Å². The maximum Gasteiger partial charge on any atom is 0.255 e. The number of benzene rings is 1. The fourth-order valence-corrected chi connectivity index (χ4v) is 6.70. The van der Waals surface area contributed by atoms with Crippen LogP contribution < -0.4 is 9.47 Å². The van der Waals surface area contributed by atoms with E-state index in [2.05, 4.69) is 36.7 Å². The van der Waals surface area contributed by atoms with E-state index in [9.17, 15) is 4.79 Å². The maximum atomic E-state index is 13.1. The standard InChI is InChI=1S/C19H21NO3Si/c1-24(2,3)17-5-4-11-13-8-15-16(23-10-22-15)9-14(13)19(21)20-7-6-12(17)18(11)20/h4-5,8-9,12,18H,6-7,10H2,1-3H3/t12-,18+/m0/s1. The Morgan fingerprint density at radius 2 is 1.79 bits per heavy atom. The maximum absolute atomic E-state index is 13.1. The monoisotopic (exact) mass is 339 g/mol. The van der Waals surface area contributed by atoms with Gasteiger partial charge in [0.1, 0.15) is 0 Å². The Morgan fingerprint density at radius 1 is 1.08 bits per heavy atom. The Labute approximate surface area is 142 Å². The predicted molar refractivity (Wildman–Crippen MR) is 94.9 cm³/mol. The molecular weight excluding hydrogens is 318 g/mol. The molecule has 5 heteroatoms. The molecule has 1 saturated heterocycles. The Hall–Kier alpha value is -2.01. The largest absolute Gasteiger partial charge is 0.454 e. The summed E-state index contributed by atoms with van der Waals surface area (Å²) in [5, 5.41) is 1.59. The Morgan fingerprint density at radius 3 is 2.50 bits per heavy atom. The van der Waals surface area contributed by atoms with Gasteiger partial charge in [0.15, 0.2) is 11.5 Å². The minimum Gasteiger partial charge on any atom is -0.454 e. The topological polar surface area (TPSA) is 38.8 Å². The van der Waals surface area contributed by atoms with Crippen LogP contribution in [0.1, 0.15) is 22.3 Å². The van der Waals surface area contributed by atoms with E-state index in [0.717, 1.165) is 29.8 Å². The molecule has 124 valence electrons. The molecule has 3 aliphatic heterocycles. The van der Waals surface area contributed by atoms with Crippen LogP contribution in [0, 0.1) is 5.92 Å². The number of hydrogen-bond donors (Lipinski definition) is 0. The number of hydrogen-bond acceptors (Lipinski definition) is 3. The summed E-state index contributed by atoms with van der Waals surface area (Å²) in [4.78, 5) is 15.2. The van der Waals surface area contributed by atoms with Crippen LogP contribution >= 0.6 is 0 Å². The number of fused-ring (bicyclic) bond motifs is 3. The number of ether oxygens (including phenoxy) is 2. The van der Waals surface area contributed by atoms with Crippen LogP contribution in [0.3, 0.4) is 0 Å². The Bertz CT molecular complexity index is 834. The molecule has 0 bridgehead atoms. The smallest absolute Gasteiger partial charge is 0.255 e. The summed E-state index contributed by atoms with van der Waals surface area (Å²) in [7, 11) is -1.39. The molecule has 3 heterocycles. The van der Waals surface area contributed by atoms with Crippen LogP contribution in [0.2, 0.25) is 19.6 Å². The zero-order valence-corrected chi connectivity index (χ0v) is 15.3. The lowest BCUT2D eigenvalue weighted by atomic mass is 9.80. The fraction of sp³-hybridized carbons (Fsp3) is 0.421. The molecule has 1 aromatic carbocycles. The number of carbonyl (C=O) groups excluding carboxylic acids is 1. The van der Waals surface area contributed by atoms with Gasteiger partial charge in [-0.1, -0.05) is 37.0 Å². The van der Waals surface area contributed by atoms with E-state index in [-0.39, 0.29) is 18.7 Å². The van der Waals surface area contributed by atoms with Gasteiger partial charge in [-0.05, 0) is 29.7 Å². The normalized spacial score (nSPS) is 26.8. The second-order valence-corrected chi connectivity index (χ2v) is 13.2. The van der Waals surface area contributed by atoms with Crippen molar-refractivity contribution < 1.29 is 14.3 Å². The minimum atomic E-state index is -1.39. The third-order valence-corrected chi connectivity index (χ3v) is 8.01. The highest BCUT2D eigenvalue weighted by Gasteiger charge is 2.49. The van der Waals surface area contributed by atoms with Crippen LogP contribution in [-0.2, 0) is 0 Å². The van der Waals surface area contributed by atoms with Crippen LogP contribution in [0.15, 0.2) is 29.5 Å². The van der Waals surface area contributed by atoms with Crippen molar-refractivity contribution in [3.63, 3.8) is 0 Å². The number of amides is 1. The summed E-state index contributed by atoms with van der Waals surface area (Å²) in [5.41, 5.74) is 3.06. The Balaban J connectivity index is 1.72. The van der Waals surface area contributed by atoms with Gasteiger partial charge in [-0.25, -0.2) is 0 Å². The number of rotatable bonds is 1. The molecule has 24 heavy (non-hydrogen) atoms. The quantitative estimate of drug-likeness (QED) is 0.736. The second-order valence-electron chi connectivity index (χ2n) is 8.08. The van der Waals surface area contributed by atoms with Gasteiger partial charge in [-0.2, -0.15) is 0 Å². The van der Waals surface area contributed by atoms with Crippen molar-refractivity contribution in [3.05, 3.63) is 40.6 Å². The van der Waals surface area contributed by atoms with E-state index >= 15 is 0 Å². The predicted octanol–water partition coefficient (Wildman–Crippen LogP) is 3.46. The third kappa shape index (κ3) is 1.76. The summed E-state index contributed by atoms with van der Waals surface area (Å²) >= 11 is 0. The zero-order chi connectivity index (χ0) is 16.6. The van der Waals surface area contributed by atoms with E-state index in [4.69, 9.17) is 9.47 Å². The van der Waals surface area contributed by atoms with Gasteiger partial charge in [0.05, 0.1) is 19.7 Å². The highest BCUT2D eigenvalue weighted by Crippen LogP contribution is 2.50. The molecule has 0 aromatic heterocycles. The van der Waals surface area contributed by atoms with E-state index < -0.39 is 8.07 Å². The van der Waals surface area contributed by atoms with Crippen molar-refractivity contribution in [1.82, 2.24) is 4.90 Å². The van der Waals surface area contributed by atoms with Crippen molar-refractivity contribution in [1.29, 1.82) is 0 Å². The highest BCUT2D eigenvalue weighted by atomic mass is 28.3. The molecule has 0 unspecified atom stereocenters. The zero-order valence-electron chi connectivity index (χ0n) is 14.3. The van der Waals surface area contributed by atoms with Gasteiger partial charge in [0.25, 0.3) is 5.91 Å². The number of nitrogens with zero attached hydrogens (tertiary/aromatic N) is 1. The van der Waals surface area contributed by atoms with Crippen molar-refractivity contribution in [3.8, 4) is 11.5 Å². The average molecular weight is 339 g/mol. The average Bonchev–Trinajstić information content (AvgIpc) is 3.16. The lowest BCUT2D eigenvalue weighted by Crippen LogP contribution is -2.46. The lowest BCUT2D eigenvalue weighted by Gasteiger charge is -2.41. The van der Waals surface area contributed by atoms with E-state index in [1.165, 1.54) is 5.57 Å². The molecule has 0 spiro atoms. The second kappa shape index (κ2) is 4.54. The first-order chi connectivity index (χ1) is 11.4. The van der Waals surface area contributed by atoms with Gasteiger partial charge >= 0.3 is 0 Å². The van der Waals surface area contributed by atoms with Gasteiger partial charge in [-0.15, -0.1) is 0 Å². The fourth-order valence-electron chi connectivity index (χ4n) is 4.70. The summed E-state index contributed by atoms with van der Waals surface area (Å²) in [6, 6.07) is 4.07. The van der Waals surface area contributed by atoms with E-state index in [1.807, 2.05) is 12.1 Å². The first-order valence-corrected chi connectivity index (χ1v) is 12.1. The van der Waals surface area contributed by atoms with Crippen molar-refractivity contribution >= 4 is 19.6 Å². The number of carbonyl (C=O) groups is 1. The summed E-state index contributed by atoms with van der Waals surface area (Å²) < 4.78 is 11.0. The van der Waals surface area contributed by atoms with Crippen LogP contribution in [-0.4, -0.2) is 38.3 Å². The van der Waals surface area contributed by atoms with E-state index in [1.54, 1.807) is 5.20 Å². The van der Waals surface area contributed by atoms with E-state index in [0.29, 0.717) is 11.7 Å². The minimum absolute atomic E-state index is 0.143. The molecule has 4 nitrogen and oxygen atoms in total. The molecular formula is C19H21NO3Si. The molecule has 1 aromatic rings. The van der Waals surface area contributed by atoms with Crippen LogP contribution in [0.25, 0.3) is 5.57 Å². The SMILES string of the molecule is C[Si](C)(C)C1=CC=C2c3cc4c(cc3C(=O)N3CC[C@@H]1[C@@H]23)OCO4. The molecule has 0 N–H and O–H groups in total. The first kappa shape index (κ1) is 14.3. The van der Waals surface area contributed by atoms with Crippen molar-refractivity contribution in [2.75, 3.05) is 13.3 Å². The molecule has 5 rings (SSSR count). The summed E-state index contributed by atoms with van der Waals surface area (Å²) in [6.45, 7) is 8.28. The lowest BCUT2D eigenvalue weighted by molar-refractivity contribution is 0.0748. The van der Waals surface area contributed by atoms with Gasteiger partial charge < -0.3 is 14.4 Å². The molecule has 4 aliphatic rings. The van der Waals surface area contributed by atoms with Gasteiger partial charge in [0.2, 0.25) is 6.79 Å². The molecule has 1 amide bonds. The molecule has 1 aliphatic carbocycles. The molecule has 1 fully saturated rings. The summed E-state index contributed by atoms with van der Waals surface area (Å²) in [5.74, 6) is 2.07. The molecule has 2 atom stereocenters. The molecule has 0 radical (unpaired) electrons. The highest BCUT2D eigenvalue weighted by molar-refractivity contribution is 6.83. The van der Waals surface area contributed by atoms with Crippen molar-refractivity contribution in [2.24, 2.45) is 5.92 Å². The molecule has 0 saturated carbocycles. The van der Waals surface area contributed by atoms with Crippen molar-refractivity contribution in [2.45, 2.75) is 32.1 Å². The van der Waals surface area contributed by atoms with Crippen LogP contribution in [0.5, 0.6) is 11.5 Å². The summed E-state index contributed by atoms with van der Waals surface area (Å²) in [6.07, 6.45) is 5.67. The third-order valence-electron chi connectivity index (χ3n) is 5.74. The Kier molecular flexibility index (Phi) is 2.71. The number of allylic oxidation sites excluding steroid dienone is 2.